The number of aryl methyl sites for hydroxylation is 1. The van der Waals surface area contributed by atoms with Gasteiger partial charge in [-0.05, 0) is 102 Å². The Hall–Kier alpha value is -2.37. The summed E-state index contributed by atoms with van der Waals surface area (Å²) in [6.07, 6.45) is 3.65. The van der Waals surface area contributed by atoms with Gasteiger partial charge in [-0.25, -0.2) is 0 Å². The summed E-state index contributed by atoms with van der Waals surface area (Å²) in [5.41, 5.74) is 7.40. The van der Waals surface area contributed by atoms with Crippen molar-refractivity contribution in [3.63, 3.8) is 0 Å². The maximum atomic E-state index is 13.5. The second-order valence-corrected chi connectivity index (χ2v) is 13.3. The first-order chi connectivity index (χ1) is 19.2. The van der Waals surface area contributed by atoms with Gasteiger partial charge in [-0.2, -0.15) is 0 Å². The SMILES string of the molecule is C=C(C)c1cc(OC[P@@]2(=O)OCC[C@@H](c3cccc(Br)c3)O2)cc(CC)c1Cc1ccc(O)c(C(CC)CC)c1. The van der Waals surface area contributed by atoms with E-state index in [1.165, 1.54) is 5.56 Å². The smallest absolute Gasteiger partial charge is 0.368 e. The number of hydrogen-bond donors (Lipinski definition) is 1. The molecule has 3 aromatic rings. The van der Waals surface area contributed by atoms with Gasteiger partial charge in [-0.1, -0.05) is 73.1 Å². The molecule has 1 heterocycles. The van der Waals surface area contributed by atoms with E-state index in [0.29, 0.717) is 30.4 Å². The second kappa shape index (κ2) is 13.5. The van der Waals surface area contributed by atoms with E-state index < -0.39 is 7.60 Å². The Morgan fingerprint density at radius 1 is 1.15 bits per heavy atom. The summed E-state index contributed by atoms with van der Waals surface area (Å²) in [5, 5.41) is 10.5. The minimum absolute atomic E-state index is 0.160. The highest BCUT2D eigenvalue weighted by Gasteiger charge is 2.35. The Labute approximate surface area is 247 Å². The lowest BCUT2D eigenvalue weighted by molar-refractivity contribution is 0.0725. The van der Waals surface area contributed by atoms with Crippen LogP contribution in [0.5, 0.6) is 11.5 Å². The van der Waals surface area contributed by atoms with Crippen molar-refractivity contribution < 1.29 is 23.5 Å². The summed E-state index contributed by atoms with van der Waals surface area (Å²) in [6.45, 7) is 13.0. The highest BCUT2D eigenvalue weighted by molar-refractivity contribution is 9.10. The van der Waals surface area contributed by atoms with Gasteiger partial charge >= 0.3 is 7.60 Å². The van der Waals surface area contributed by atoms with Crippen molar-refractivity contribution in [1.82, 2.24) is 0 Å². The van der Waals surface area contributed by atoms with E-state index in [0.717, 1.165) is 63.5 Å². The molecule has 7 heteroatoms. The standard InChI is InChI=1S/C33H40BrO5P/c1-6-24(7-2)31-17-23(12-13-32(31)35)16-30-25(8-3)19-28(20-29(30)22(4)5)37-21-40(36)38-15-14-33(39-40)26-10-9-11-27(34)18-26/h9-13,17-20,24,33,35H,4,6-8,14-16,21H2,1-3,5H3/t33-,40+/m0/s1. The number of rotatable bonds is 11. The molecular formula is C33H40BrO5P. The predicted molar refractivity (Wildman–Crippen MR) is 166 cm³/mol. The summed E-state index contributed by atoms with van der Waals surface area (Å²) in [6, 6.07) is 17.8. The van der Waals surface area contributed by atoms with E-state index in [1.54, 1.807) is 0 Å². The number of hydrogen-bond acceptors (Lipinski definition) is 5. The van der Waals surface area contributed by atoms with Gasteiger partial charge in [0.05, 0.1) is 12.7 Å². The van der Waals surface area contributed by atoms with Crippen molar-refractivity contribution in [3.05, 3.63) is 99.0 Å². The molecule has 0 aliphatic carbocycles. The van der Waals surface area contributed by atoms with E-state index in [9.17, 15) is 9.67 Å². The van der Waals surface area contributed by atoms with Crippen LogP contribution < -0.4 is 4.74 Å². The predicted octanol–water partition coefficient (Wildman–Crippen LogP) is 9.95. The fraction of sp³-hybridized carbons (Fsp3) is 0.394. The quantitative estimate of drug-likeness (QED) is 0.215. The zero-order valence-corrected chi connectivity index (χ0v) is 26.4. The van der Waals surface area contributed by atoms with Crippen LogP contribution in [0.4, 0.5) is 0 Å². The van der Waals surface area contributed by atoms with Gasteiger partial charge < -0.3 is 14.4 Å². The van der Waals surface area contributed by atoms with Crippen LogP contribution >= 0.6 is 23.5 Å². The molecule has 214 valence electrons. The first-order valence-electron chi connectivity index (χ1n) is 14.1. The number of benzene rings is 3. The average molecular weight is 628 g/mol. The van der Waals surface area contributed by atoms with Crippen LogP contribution in [0.2, 0.25) is 0 Å². The Bertz CT molecular complexity index is 1400. The fourth-order valence-electron chi connectivity index (χ4n) is 5.40. The van der Waals surface area contributed by atoms with Gasteiger partial charge in [0.25, 0.3) is 0 Å². The maximum absolute atomic E-state index is 13.5. The Kier molecular flexibility index (Phi) is 10.3. The molecule has 1 saturated heterocycles. The maximum Gasteiger partial charge on any atom is 0.368 e. The van der Waals surface area contributed by atoms with Crippen molar-refractivity contribution in [2.75, 3.05) is 13.0 Å². The van der Waals surface area contributed by atoms with Crippen molar-refractivity contribution in [2.45, 2.75) is 71.8 Å². The zero-order valence-electron chi connectivity index (χ0n) is 23.9. The molecule has 40 heavy (non-hydrogen) atoms. The lowest BCUT2D eigenvalue weighted by Gasteiger charge is -2.30. The summed E-state index contributed by atoms with van der Waals surface area (Å²) in [4.78, 5) is 0. The van der Waals surface area contributed by atoms with Gasteiger partial charge in [-0.15, -0.1) is 0 Å². The molecule has 2 atom stereocenters. The molecule has 3 aromatic carbocycles. The molecule has 0 saturated carbocycles. The first-order valence-corrected chi connectivity index (χ1v) is 16.6. The van der Waals surface area contributed by atoms with Crippen molar-refractivity contribution in [1.29, 1.82) is 0 Å². The van der Waals surface area contributed by atoms with E-state index in [1.807, 2.05) is 55.5 Å². The van der Waals surface area contributed by atoms with Crippen LogP contribution in [0.25, 0.3) is 5.57 Å². The van der Waals surface area contributed by atoms with Crippen LogP contribution in [0.15, 0.2) is 65.6 Å². The second-order valence-electron chi connectivity index (χ2n) is 10.5. The van der Waals surface area contributed by atoms with Gasteiger partial charge in [0.2, 0.25) is 0 Å². The van der Waals surface area contributed by atoms with E-state index in [-0.39, 0.29) is 12.5 Å². The number of allylic oxidation sites excluding steroid dienone is 1. The fourth-order valence-corrected chi connectivity index (χ4v) is 7.32. The van der Waals surface area contributed by atoms with Crippen LogP contribution in [0.1, 0.15) is 92.4 Å². The minimum Gasteiger partial charge on any atom is -0.508 e. The van der Waals surface area contributed by atoms with Gasteiger partial charge in [0, 0.05) is 10.9 Å². The van der Waals surface area contributed by atoms with Crippen LogP contribution in [0, 0.1) is 0 Å². The molecular weight excluding hydrogens is 587 g/mol. The minimum atomic E-state index is -3.45. The van der Waals surface area contributed by atoms with E-state index in [2.05, 4.69) is 49.3 Å². The molecule has 1 aliphatic rings. The topological polar surface area (TPSA) is 65.0 Å². The van der Waals surface area contributed by atoms with E-state index >= 15 is 0 Å². The van der Waals surface area contributed by atoms with Gasteiger partial charge in [-0.3, -0.25) is 9.09 Å². The normalized spacial score (nSPS) is 19.1. The summed E-state index contributed by atoms with van der Waals surface area (Å²) < 4.78 is 32.1. The highest BCUT2D eigenvalue weighted by atomic mass is 79.9. The number of ether oxygens (including phenoxy) is 1. The molecule has 0 amide bonds. The molecule has 0 radical (unpaired) electrons. The van der Waals surface area contributed by atoms with Crippen molar-refractivity contribution in [2.24, 2.45) is 0 Å². The molecule has 0 unspecified atom stereocenters. The molecule has 0 spiro atoms. The van der Waals surface area contributed by atoms with Crippen LogP contribution in [0.3, 0.4) is 0 Å². The summed E-state index contributed by atoms with van der Waals surface area (Å²) in [7, 11) is -3.45. The Morgan fingerprint density at radius 3 is 2.60 bits per heavy atom. The van der Waals surface area contributed by atoms with Crippen LogP contribution in [-0.4, -0.2) is 18.1 Å². The monoisotopic (exact) mass is 626 g/mol. The third kappa shape index (κ3) is 7.28. The Morgan fingerprint density at radius 2 is 1.93 bits per heavy atom. The third-order valence-corrected chi connectivity index (χ3v) is 9.71. The number of halogens is 1. The van der Waals surface area contributed by atoms with Crippen molar-refractivity contribution >= 4 is 29.1 Å². The zero-order chi connectivity index (χ0) is 28.9. The molecule has 4 rings (SSSR count). The number of phenols is 1. The summed E-state index contributed by atoms with van der Waals surface area (Å²) >= 11 is 3.50. The number of aromatic hydroxyl groups is 1. The van der Waals surface area contributed by atoms with Crippen molar-refractivity contribution in [3.8, 4) is 11.5 Å². The molecule has 1 N–H and O–H groups in total. The third-order valence-electron chi connectivity index (χ3n) is 7.62. The average Bonchev–Trinajstić information content (AvgIpc) is 2.94. The molecule has 1 fully saturated rings. The summed E-state index contributed by atoms with van der Waals surface area (Å²) in [5.74, 6) is 1.31. The molecule has 0 bridgehead atoms. The molecule has 1 aliphatic heterocycles. The highest BCUT2D eigenvalue weighted by Crippen LogP contribution is 2.56. The lowest BCUT2D eigenvalue weighted by atomic mass is 9.87. The largest absolute Gasteiger partial charge is 0.508 e. The molecule has 0 aromatic heterocycles. The van der Waals surface area contributed by atoms with Crippen LogP contribution in [-0.2, 0) is 26.5 Å². The Balaban J connectivity index is 1.56. The lowest BCUT2D eigenvalue weighted by Crippen LogP contribution is -2.17. The first kappa shape index (κ1) is 30.6. The van der Waals surface area contributed by atoms with Gasteiger partial charge in [0.15, 0.2) is 6.35 Å². The molecule has 5 nitrogen and oxygen atoms in total. The number of phenolic OH excluding ortho intramolecular Hbond substituents is 1. The van der Waals surface area contributed by atoms with Gasteiger partial charge in [0.1, 0.15) is 11.5 Å². The van der Waals surface area contributed by atoms with E-state index in [4.69, 9.17) is 13.8 Å².